The zero-order valence-corrected chi connectivity index (χ0v) is 12.9. The van der Waals surface area contributed by atoms with E-state index in [9.17, 15) is 4.39 Å². The van der Waals surface area contributed by atoms with Gasteiger partial charge in [0.15, 0.2) is 5.82 Å². The third-order valence-electron chi connectivity index (χ3n) is 3.82. The van der Waals surface area contributed by atoms with Crippen LogP contribution in [0.2, 0.25) is 5.02 Å². The fourth-order valence-corrected chi connectivity index (χ4v) is 3.10. The summed E-state index contributed by atoms with van der Waals surface area (Å²) in [6.45, 7) is 5.55. The summed E-state index contributed by atoms with van der Waals surface area (Å²) in [4.78, 5) is 4.32. The van der Waals surface area contributed by atoms with Crippen LogP contribution in [-0.4, -0.2) is 18.2 Å². The van der Waals surface area contributed by atoms with Crippen molar-refractivity contribution in [2.75, 3.05) is 13.2 Å². The van der Waals surface area contributed by atoms with Crippen molar-refractivity contribution in [2.45, 2.75) is 26.2 Å². The maximum atomic E-state index is 14.1. The molecule has 1 aliphatic heterocycles. The molecule has 2 heterocycles. The predicted octanol–water partition coefficient (Wildman–Crippen LogP) is 4.95. The molecule has 0 atom stereocenters. The van der Waals surface area contributed by atoms with E-state index in [2.05, 4.69) is 24.9 Å². The van der Waals surface area contributed by atoms with E-state index < -0.39 is 0 Å². The Morgan fingerprint density at radius 2 is 2.14 bits per heavy atom. The molecule has 0 spiro atoms. The highest BCUT2D eigenvalue weighted by atomic mass is 35.5. The van der Waals surface area contributed by atoms with Crippen molar-refractivity contribution in [3.8, 4) is 0 Å². The Balaban J connectivity index is 2.30. The number of hydrogen-bond donors (Lipinski definition) is 0. The average Bonchev–Trinajstić information content (AvgIpc) is 2.46. The molecule has 0 fully saturated rings. The fraction of sp³-hybridized carbons (Fsp3) is 0.353. The Morgan fingerprint density at radius 1 is 1.33 bits per heavy atom. The van der Waals surface area contributed by atoms with Gasteiger partial charge in [-0.2, -0.15) is 0 Å². The van der Waals surface area contributed by atoms with Crippen LogP contribution in [0.4, 0.5) is 4.39 Å². The summed E-state index contributed by atoms with van der Waals surface area (Å²) in [5, 5.41) is 1.21. The van der Waals surface area contributed by atoms with Crippen molar-refractivity contribution in [2.24, 2.45) is 0 Å². The summed E-state index contributed by atoms with van der Waals surface area (Å²) in [6.07, 6.45) is 4.72. The lowest BCUT2D eigenvalue weighted by Gasteiger charge is -2.20. The molecule has 0 aliphatic carbocycles. The lowest BCUT2D eigenvalue weighted by Crippen LogP contribution is -2.07. The standard InChI is InChI=1S/C17H17ClFNO/c1-10(2)16-13-7-12(18)8-15(19)17(13)20-9-14(16)11-3-5-21-6-4-11/h3,7-10H,4-6H2,1-2H3. The van der Waals surface area contributed by atoms with Gasteiger partial charge < -0.3 is 4.74 Å². The monoisotopic (exact) mass is 305 g/mol. The second-order valence-corrected chi connectivity index (χ2v) is 6.01. The number of hydrogen-bond acceptors (Lipinski definition) is 2. The number of fused-ring (bicyclic) bond motifs is 1. The van der Waals surface area contributed by atoms with E-state index in [-0.39, 0.29) is 11.7 Å². The van der Waals surface area contributed by atoms with Crippen molar-refractivity contribution >= 4 is 28.1 Å². The molecule has 3 rings (SSSR count). The number of nitrogens with zero attached hydrogens (tertiary/aromatic N) is 1. The fourth-order valence-electron chi connectivity index (χ4n) is 2.90. The van der Waals surface area contributed by atoms with Crippen molar-refractivity contribution in [3.63, 3.8) is 0 Å². The Bertz CT molecular complexity index is 724. The molecule has 0 saturated carbocycles. The Hall–Kier alpha value is -1.45. The van der Waals surface area contributed by atoms with Gasteiger partial charge in [0.1, 0.15) is 5.52 Å². The molecule has 0 saturated heterocycles. The van der Waals surface area contributed by atoms with E-state index in [1.807, 2.05) is 6.07 Å². The minimum atomic E-state index is -0.369. The van der Waals surface area contributed by atoms with Gasteiger partial charge in [0, 0.05) is 16.6 Å². The minimum absolute atomic E-state index is 0.257. The summed E-state index contributed by atoms with van der Waals surface area (Å²) in [5.74, 6) is -0.112. The van der Waals surface area contributed by atoms with Crippen LogP contribution >= 0.6 is 11.6 Å². The first-order valence-corrected chi connectivity index (χ1v) is 7.50. The number of rotatable bonds is 2. The lowest BCUT2D eigenvalue weighted by molar-refractivity contribution is 0.161. The van der Waals surface area contributed by atoms with Crippen LogP contribution in [0.25, 0.3) is 16.5 Å². The molecule has 21 heavy (non-hydrogen) atoms. The summed E-state index contributed by atoms with van der Waals surface area (Å²) >= 11 is 6.04. The average molecular weight is 306 g/mol. The van der Waals surface area contributed by atoms with Gasteiger partial charge in [-0.15, -0.1) is 0 Å². The number of benzene rings is 1. The van der Waals surface area contributed by atoms with E-state index in [1.165, 1.54) is 11.6 Å². The Labute approximate surface area is 128 Å². The van der Waals surface area contributed by atoms with Gasteiger partial charge in [-0.1, -0.05) is 31.5 Å². The van der Waals surface area contributed by atoms with E-state index >= 15 is 0 Å². The van der Waals surface area contributed by atoms with Crippen LogP contribution < -0.4 is 0 Å². The molecular weight excluding hydrogens is 289 g/mol. The highest BCUT2D eigenvalue weighted by molar-refractivity contribution is 6.31. The number of aromatic nitrogens is 1. The molecule has 110 valence electrons. The highest BCUT2D eigenvalue weighted by Gasteiger charge is 2.18. The zero-order chi connectivity index (χ0) is 15.0. The summed E-state index contributed by atoms with van der Waals surface area (Å²) in [6, 6.07) is 3.13. The van der Waals surface area contributed by atoms with Gasteiger partial charge in [-0.25, -0.2) is 4.39 Å². The first-order valence-electron chi connectivity index (χ1n) is 7.12. The Morgan fingerprint density at radius 3 is 2.81 bits per heavy atom. The second kappa shape index (κ2) is 5.74. The van der Waals surface area contributed by atoms with E-state index in [1.54, 1.807) is 6.20 Å². The molecule has 0 amide bonds. The summed E-state index contributed by atoms with van der Waals surface area (Å²) < 4.78 is 19.5. The third kappa shape index (κ3) is 2.68. The van der Waals surface area contributed by atoms with Gasteiger partial charge in [-0.05, 0) is 41.2 Å². The molecule has 0 unspecified atom stereocenters. The van der Waals surface area contributed by atoms with Crippen LogP contribution in [0.5, 0.6) is 0 Å². The van der Waals surface area contributed by atoms with Gasteiger partial charge in [-0.3, -0.25) is 4.98 Å². The van der Waals surface area contributed by atoms with Crippen LogP contribution in [0.1, 0.15) is 37.3 Å². The Kier molecular flexibility index (Phi) is 3.96. The molecule has 0 radical (unpaired) electrons. The van der Waals surface area contributed by atoms with E-state index in [0.29, 0.717) is 23.8 Å². The highest BCUT2D eigenvalue weighted by Crippen LogP contribution is 2.35. The largest absolute Gasteiger partial charge is 0.377 e. The summed E-state index contributed by atoms with van der Waals surface area (Å²) in [5.41, 5.74) is 3.80. The normalized spacial score (nSPS) is 15.6. The van der Waals surface area contributed by atoms with Gasteiger partial charge in [0.25, 0.3) is 0 Å². The molecule has 4 heteroatoms. The van der Waals surface area contributed by atoms with Gasteiger partial charge in [0.2, 0.25) is 0 Å². The molecular formula is C17H17ClFNO. The van der Waals surface area contributed by atoms with Crippen LogP contribution in [-0.2, 0) is 4.74 Å². The van der Waals surface area contributed by atoms with Gasteiger partial charge >= 0.3 is 0 Å². The maximum Gasteiger partial charge on any atom is 0.150 e. The number of ether oxygens (including phenoxy) is 1. The molecule has 1 aliphatic rings. The molecule has 0 bridgehead atoms. The second-order valence-electron chi connectivity index (χ2n) is 5.58. The van der Waals surface area contributed by atoms with E-state index in [0.717, 1.165) is 22.9 Å². The number of halogens is 2. The number of pyridine rings is 1. The first kappa shape index (κ1) is 14.5. The van der Waals surface area contributed by atoms with E-state index in [4.69, 9.17) is 16.3 Å². The minimum Gasteiger partial charge on any atom is -0.377 e. The zero-order valence-electron chi connectivity index (χ0n) is 12.1. The quantitative estimate of drug-likeness (QED) is 0.783. The lowest BCUT2D eigenvalue weighted by atomic mass is 9.89. The molecule has 2 aromatic rings. The van der Waals surface area contributed by atoms with Crippen LogP contribution in [0.3, 0.4) is 0 Å². The first-order chi connectivity index (χ1) is 10.1. The summed E-state index contributed by atoms with van der Waals surface area (Å²) in [7, 11) is 0. The topological polar surface area (TPSA) is 22.1 Å². The maximum absolute atomic E-state index is 14.1. The van der Waals surface area contributed by atoms with Crippen molar-refractivity contribution in [1.29, 1.82) is 0 Å². The molecule has 1 aromatic heterocycles. The SMILES string of the molecule is CC(C)c1c(C2=CCOCC2)cnc2c(F)cc(Cl)cc12. The predicted molar refractivity (Wildman–Crippen MR) is 84.2 cm³/mol. The van der Waals surface area contributed by atoms with Gasteiger partial charge in [0.05, 0.1) is 13.2 Å². The third-order valence-corrected chi connectivity index (χ3v) is 4.04. The van der Waals surface area contributed by atoms with Crippen LogP contribution in [0.15, 0.2) is 24.4 Å². The van der Waals surface area contributed by atoms with Crippen molar-refractivity contribution < 1.29 is 9.13 Å². The van der Waals surface area contributed by atoms with Crippen LogP contribution in [0, 0.1) is 5.82 Å². The van der Waals surface area contributed by atoms with Crippen molar-refractivity contribution in [3.05, 3.63) is 46.4 Å². The molecule has 2 nitrogen and oxygen atoms in total. The smallest absolute Gasteiger partial charge is 0.150 e. The molecule has 0 N–H and O–H groups in total. The molecule has 1 aromatic carbocycles. The van der Waals surface area contributed by atoms with Crippen molar-refractivity contribution in [1.82, 2.24) is 4.98 Å².